The zero-order valence-electron chi connectivity index (χ0n) is 15.8. The summed E-state index contributed by atoms with van der Waals surface area (Å²) in [6.45, 7) is 3.59. The van der Waals surface area contributed by atoms with Crippen molar-refractivity contribution in [1.82, 2.24) is 14.5 Å². The molecule has 0 fully saturated rings. The van der Waals surface area contributed by atoms with E-state index in [1.807, 2.05) is 24.4 Å². The first-order chi connectivity index (χ1) is 14.0. The van der Waals surface area contributed by atoms with Crippen molar-refractivity contribution in [2.45, 2.75) is 19.8 Å². The van der Waals surface area contributed by atoms with Gasteiger partial charge in [-0.25, -0.2) is 9.97 Å². The summed E-state index contributed by atoms with van der Waals surface area (Å²) in [5.41, 5.74) is 2.27. The van der Waals surface area contributed by atoms with Gasteiger partial charge in [0.25, 0.3) is 5.56 Å². The van der Waals surface area contributed by atoms with Crippen molar-refractivity contribution in [2.24, 2.45) is 0 Å². The van der Waals surface area contributed by atoms with Gasteiger partial charge in [-0.2, -0.15) is 5.26 Å². The molecule has 2 heterocycles. The smallest absolute Gasteiger partial charge is 0.265 e. The number of Topliss-reactive ketones (excluding diaryl/α,β-unsaturated/α-hetero) is 1. The van der Waals surface area contributed by atoms with Crippen LogP contribution in [0.5, 0.6) is 0 Å². The van der Waals surface area contributed by atoms with E-state index in [1.165, 1.54) is 15.9 Å². The Morgan fingerprint density at radius 1 is 1.10 bits per heavy atom. The lowest BCUT2D eigenvalue weighted by Gasteiger charge is -2.12. The van der Waals surface area contributed by atoms with Crippen LogP contribution in [0, 0.1) is 25.2 Å². The van der Waals surface area contributed by atoms with E-state index >= 15 is 0 Å². The number of benzene rings is 2. The van der Waals surface area contributed by atoms with Crippen molar-refractivity contribution in [2.75, 3.05) is 0 Å². The Balaban J connectivity index is 1.72. The summed E-state index contributed by atoms with van der Waals surface area (Å²) >= 11 is 1.30. The fourth-order valence-corrected chi connectivity index (χ4v) is 4.06. The van der Waals surface area contributed by atoms with Crippen LogP contribution >= 0.6 is 11.3 Å². The maximum absolute atomic E-state index is 12.9. The SMILES string of the molecule is Cc1csc(C(C#N)C(=O)c2ccc(-n3c(C)nc4ccccc4c3=O)cc2)n1. The van der Waals surface area contributed by atoms with E-state index in [0.717, 1.165) is 5.69 Å². The second-order valence-electron chi connectivity index (χ2n) is 6.62. The van der Waals surface area contributed by atoms with Gasteiger partial charge in [-0.05, 0) is 50.2 Å². The van der Waals surface area contributed by atoms with Crippen molar-refractivity contribution in [3.63, 3.8) is 0 Å². The molecule has 2 aromatic heterocycles. The van der Waals surface area contributed by atoms with Gasteiger partial charge in [-0.15, -0.1) is 11.3 Å². The monoisotopic (exact) mass is 400 g/mol. The van der Waals surface area contributed by atoms with E-state index in [4.69, 9.17) is 0 Å². The van der Waals surface area contributed by atoms with Gasteiger partial charge in [0.15, 0.2) is 11.7 Å². The number of thiazole rings is 1. The number of ketones is 1. The lowest BCUT2D eigenvalue weighted by molar-refractivity contribution is 0.0979. The molecule has 0 bridgehead atoms. The molecular weight excluding hydrogens is 384 g/mol. The van der Waals surface area contributed by atoms with E-state index in [1.54, 1.807) is 49.4 Å². The molecule has 4 aromatic rings. The number of nitriles is 1. The van der Waals surface area contributed by atoms with Crippen molar-refractivity contribution >= 4 is 28.0 Å². The van der Waals surface area contributed by atoms with Gasteiger partial charge < -0.3 is 0 Å². The maximum Gasteiger partial charge on any atom is 0.265 e. The molecule has 0 N–H and O–H groups in total. The molecule has 0 aliphatic carbocycles. The first kappa shape index (κ1) is 18.7. The number of aromatic nitrogens is 3. The number of rotatable bonds is 4. The molecule has 0 spiro atoms. The molecule has 0 aliphatic rings. The number of carbonyl (C=O) groups is 1. The van der Waals surface area contributed by atoms with E-state index in [0.29, 0.717) is 33.0 Å². The fourth-order valence-electron chi connectivity index (χ4n) is 3.22. The van der Waals surface area contributed by atoms with Gasteiger partial charge in [-0.3, -0.25) is 14.2 Å². The third kappa shape index (κ3) is 3.35. The quantitative estimate of drug-likeness (QED) is 0.484. The van der Waals surface area contributed by atoms with Crippen LogP contribution in [0.4, 0.5) is 0 Å². The Morgan fingerprint density at radius 2 is 1.83 bits per heavy atom. The highest BCUT2D eigenvalue weighted by Crippen LogP contribution is 2.24. The van der Waals surface area contributed by atoms with Crippen molar-refractivity contribution in [3.8, 4) is 11.8 Å². The lowest BCUT2D eigenvalue weighted by Crippen LogP contribution is -2.22. The number of aryl methyl sites for hydroxylation is 2. The highest BCUT2D eigenvalue weighted by atomic mass is 32.1. The summed E-state index contributed by atoms with van der Waals surface area (Å²) in [6, 6.07) is 15.9. The molecule has 142 valence electrons. The third-order valence-corrected chi connectivity index (χ3v) is 5.66. The van der Waals surface area contributed by atoms with Gasteiger partial charge in [-0.1, -0.05) is 12.1 Å². The summed E-state index contributed by atoms with van der Waals surface area (Å²) in [5, 5.41) is 12.3. The van der Waals surface area contributed by atoms with Crippen LogP contribution in [0.1, 0.15) is 32.8 Å². The van der Waals surface area contributed by atoms with Crippen LogP contribution in [0.2, 0.25) is 0 Å². The normalized spacial score (nSPS) is 11.9. The molecule has 1 unspecified atom stereocenters. The first-order valence-electron chi connectivity index (χ1n) is 8.94. The van der Waals surface area contributed by atoms with E-state index in [2.05, 4.69) is 9.97 Å². The molecule has 2 aromatic carbocycles. The van der Waals surface area contributed by atoms with Crippen LogP contribution in [0.25, 0.3) is 16.6 Å². The van der Waals surface area contributed by atoms with Crippen LogP contribution in [0.15, 0.2) is 58.7 Å². The minimum absolute atomic E-state index is 0.166. The minimum atomic E-state index is -0.939. The molecule has 7 heteroatoms. The van der Waals surface area contributed by atoms with Crippen LogP contribution in [0.3, 0.4) is 0 Å². The van der Waals surface area contributed by atoms with Crippen molar-refractivity contribution < 1.29 is 4.79 Å². The molecule has 4 rings (SSSR count). The van der Waals surface area contributed by atoms with E-state index < -0.39 is 5.92 Å². The first-order valence-corrected chi connectivity index (χ1v) is 9.82. The standard InChI is InChI=1S/C22H16N4O2S/c1-13-12-29-21(24-13)18(11-23)20(27)15-7-9-16(10-8-15)26-14(2)25-19-6-4-3-5-17(19)22(26)28/h3-10,12,18H,1-2H3. The molecule has 1 atom stereocenters. The second kappa shape index (κ2) is 7.41. The molecule has 0 amide bonds. The number of para-hydroxylation sites is 1. The maximum atomic E-state index is 12.9. The minimum Gasteiger partial charge on any atom is -0.292 e. The zero-order chi connectivity index (χ0) is 20.5. The average Bonchev–Trinajstić information content (AvgIpc) is 3.15. The van der Waals surface area contributed by atoms with Gasteiger partial charge in [0.05, 0.1) is 22.7 Å². The summed E-state index contributed by atoms with van der Waals surface area (Å²) in [6.07, 6.45) is 0. The predicted molar refractivity (Wildman–Crippen MR) is 112 cm³/mol. The predicted octanol–water partition coefficient (Wildman–Crippen LogP) is 3.95. The summed E-state index contributed by atoms with van der Waals surface area (Å²) in [7, 11) is 0. The number of fused-ring (bicyclic) bond motifs is 1. The number of carbonyl (C=O) groups excluding carboxylic acids is 1. The largest absolute Gasteiger partial charge is 0.292 e. The van der Waals surface area contributed by atoms with Crippen molar-refractivity contribution in [3.05, 3.63) is 86.4 Å². The third-order valence-electron chi connectivity index (χ3n) is 4.63. The topological polar surface area (TPSA) is 88.6 Å². The summed E-state index contributed by atoms with van der Waals surface area (Å²) in [4.78, 5) is 34.5. The van der Waals surface area contributed by atoms with Gasteiger partial charge in [0, 0.05) is 16.6 Å². The van der Waals surface area contributed by atoms with Crippen LogP contribution in [-0.2, 0) is 0 Å². The molecule has 6 nitrogen and oxygen atoms in total. The highest BCUT2D eigenvalue weighted by Gasteiger charge is 2.24. The van der Waals surface area contributed by atoms with Gasteiger partial charge in [0.1, 0.15) is 10.8 Å². The van der Waals surface area contributed by atoms with Crippen LogP contribution in [-0.4, -0.2) is 20.3 Å². The van der Waals surface area contributed by atoms with Crippen molar-refractivity contribution in [1.29, 1.82) is 5.26 Å². The van der Waals surface area contributed by atoms with Crippen LogP contribution < -0.4 is 5.56 Å². The number of hydrogen-bond acceptors (Lipinski definition) is 6. The Morgan fingerprint density at radius 3 is 2.48 bits per heavy atom. The Kier molecular flexibility index (Phi) is 4.79. The molecule has 29 heavy (non-hydrogen) atoms. The molecular formula is C22H16N4O2S. The molecule has 0 aliphatic heterocycles. The summed E-state index contributed by atoms with van der Waals surface area (Å²) < 4.78 is 1.52. The average molecular weight is 400 g/mol. The Hall–Kier alpha value is -3.63. The molecule has 0 radical (unpaired) electrons. The Bertz CT molecular complexity index is 1330. The molecule has 0 saturated carbocycles. The second-order valence-corrected chi connectivity index (χ2v) is 7.51. The van der Waals surface area contributed by atoms with E-state index in [-0.39, 0.29) is 11.3 Å². The zero-order valence-corrected chi connectivity index (χ0v) is 16.6. The molecule has 0 saturated heterocycles. The lowest BCUT2D eigenvalue weighted by atomic mass is 9.99. The highest BCUT2D eigenvalue weighted by molar-refractivity contribution is 7.10. The number of hydrogen-bond donors (Lipinski definition) is 0. The fraction of sp³-hybridized carbons (Fsp3) is 0.136. The summed E-state index contributed by atoms with van der Waals surface area (Å²) in [5.74, 6) is -0.693. The number of nitrogens with zero attached hydrogens (tertiary/aromatic N) is 4. The van der Waals surface area contributed by atoms with E-state index in [9.17, 15) is 14.9 Å². The Labute approximate surface area is 170 Å². The van der Waals surface area contributed by atoms with Gasteiger partial charge >= 0.3 is 0 Å². The van der Waals surface area contributed by atoms with Gasteiger partial charge in [0.2, 0.25) is 0 Å².